The fourth-order valence-corrected chi connectivity index (χ4v) is 0.839. The second kappa shape index (κ2) is 5.26. The number of hydrogen-bond acceptors (Lipinski definition) is 4. The number of nitrogens with zero attached hydrogens (tertiary/aromatic N) is 3. The Morgan fingerprint density at radius 3 is 3.00 bits per heavy atom. The van der Waals surface area contributed by atoms with Gasteiger partial charge in [-0.1, -0.05) is 0 Å². The molecule has 0 radical (unpaired) electrons. The summed E-state index contributed by atoms with van der Waals surface area (Å²) in [7, 11) is 3.67. The molecule has 0 aliphatic heterocycles. The van der Waals surface area contributed by atoms with Crippen molar-refractivity contribution in [2.45, 2.75) is 0 Å². The van der Waals surface area contributed by atoms with Crippen LogP contribution < -0.4 is 11.2 Å². The topological polar surface area (TPSA) is 66.5 Å². The number of thiocarbonyl (C=S) groups is 1. The van der Waals surface area contributed by atoms with Gasteiger partial charge >= 0.3 is 0 Å². The monoisotopic (exact) mass is 223 g/mol. The van der Waals surface area contributed by atoms with Gasteiger partial charge in [0.05, 0.1) is 11.9 Å². The Hall–Kier alpha value is -1.69. The third kappa shape index (κ3) is 3.51. The van der Waals surface area contributed by atoms with Gasteiger partial charge in [0, 0.05) is 20.3 Å². The molecule has 1 aromatic rings. The molecule has 0 unspecified atom stereocenters. The summed E-state index contributed by atoms with van der Waals surface area (Å²) in [5.74, 6) is 0. The van der Waals surface area contributed by atoms with Crippen LogP contribution in [-0.2, 0) is 0 Å². The highest BCUT2D eigenvalue weighted by molar-refractivity contribution is 7.80. The average molecular weight is 223 g/mol. The summed E-state index contributed by atoms with van der Waals surface area (Å²) in [4.78, 5) is 5.79. The van der Waals surface area contributed by atoms with E-state index in [4.69, 9.17) is 18.0 Å². The molecule has 0 aliphatic carbocycles. The zero-order valence-corrected chi connectivity index (χ0v) is 9.45. The summed E-state index contributed by atoms with van der Waals surface area (Å²) in [6, 6.07) is 3.53. The molecule has 3 N–H and O–H groups in total. The molecule has 0 aliphatic rings. The third-order valence-electron chi connectivity index (χ3n) is 1.62. The van der Waals surface area contributed by atoms with Gasteiger partial charge in [-0.05, 0) is 24.4 Å². The molecule has 1 aromatic heterocycles. The van der Waals surface area contributed by atoms with Crippen LogP contribution >= 0.6 is 12.2 Å². The second-order valence-electron chi connectivity index (χ2n) is 3.05. The number of nitrogens with one attached hydrogen (secondary N) is 1. The van der Waals surface area contributed by atoms with Crippen LogP contribution in [0.4, 0.5) is 5.69 Å². The Morgan fingerprint density at radius 2 is 2.40 bits per heavy atom. The van der Waals surface area contributed by atoms with Crippen molar-refractivity contribution < 1.29 is 0 Å². The maximum Gasteiger partial charge on any atom is 0.189 e. The lowest BCUT2D eigenvalue weighted by Crippen LogP contribution is -2.30. The molecule has 80 valence electrons. The summed E-state index contributed by atoms with van der Waals surface area (Å²) in [6.07, 6.45) is 3.19. The van der Waals surface area contributed by atoms with E-state index in [9.17, 15) is 0 Å². The molecular weight excluding hydrogens is 210 g/mol. The van der Waals surface area contributed by atoms with Gasteiger partial charge in [-0.15, -0.1) is 0 Å². The minimum Gasteiger partial charge on any atom is -0.397 e. The van der Waals surface area contributed by atoms with Gasteiger partial charge in [0.2, 0.25) is 0 Å². The normalized spacial score (nSPS) is 10.3. The number of pyridine rings is 1. The van der Waals surface area contributed by atoms with E-state index < -0.39 is 0 Å². The first-order valence-corrected chi connectivity index (χ1v) is 4.73. The lowest BCUT2D eigenvalue weighted by Gasteiger charge is -2.11. The molecule has 0 fully saturated rings. The Bertz CT molecular complexity index is 375. The Morgan fingerprint density at radius 1 is 1.67 bits per heavy atom. The number of hydrazone groups is 1. The molecule has 15 heavy (non-hydrogen) atoms. The molecule has 0 saturated heterocycles. The van der Waals surface area contributed by atoms with Crippen LogP contribution in [-0.4, -0.2) is 35.3 Å². The Balaban J connectivity index is 2.59. The van der Waals surface area contributed by atoms with Crippen LogP contribution in [0.1, 0.15) is 5.69 Å². The second-order valence-corrected chi connectivity index (χ2v) is 3.43. The van der Waals surface area contributed by atoms with E-state index >= 15 is 0 Å². The molecule has 1 heterocycles. The Labute approximate surface area is 94.0 Å². The number of hydrogen-bond donors (Lipinski definition) is 2. The smallest absolute Gasteiger partial charge is 0.189 e. The minimum atomic E-state index is 0.528. The van der Waals surface area contributed by atoms with Gasteiger partial charge in [-0.3, -0.25) is 10.4 Å². The molecule has 0 atom stereocenters. The van der Waals surface area contributed by atoms with Crippen molar-refractivity contribution in [2.75, 3.05) is 19.8 Å². The van der Waals surface area contributed by atoms with Crippen LogP contribution in [0.15, 0.2) is 23.4 Å². The predicted molar refractivity (Wildman–Crippen MR) is 65.7 cm³/mol. The summed E-state index contributed by atoms with van der Waals surface area (Å²) in [6.45, 7) is 0. The van der Waals surface area contributed by atoms with Crippen molar-refractivity contribution >= 4 is 29.2 Å². The number of aromatic nitrogens is 1. The van der Waals surface area contributed by atoms with Crippen LogP contribution in [0.3, 0.4) is 0 Å². The first-order chi connectivity index (χ1) is 7.11. The quantitative estimate of drug-likeness (QED) is 0.432. The summed E-state index contributed by atoms with van der Waals surface area (Å²) in [5.41, 5.74) is 9.56. The predicted octanol–water partition coefficient (Wildman–Crippen LogP) is 0.434. The van der Waals surface area contributed by atoms with Crippen molar-refractivity contribution in [1.82, 2.24) is 15.3 Å². The molecule has 0 amide bonds. The van der Waals surface area contributed by atoms with E-state index in [2.05, 4.69) is 15.5 Å². The molecule has 0 spiro atoms. The molecule has 0 bridgehead atoms. The molecule has 1 rings (SSSR count). The molecule has 6 heteroatoms. The van der Waals surface area contributed by atoms with Crippen molar-refractivity contribution in [1.29, 1.82) is 0 Å². The van der Waals surface area contributed by atoms with E-state index in [1.54, 1.807) is 23.2 Å². The summed E-state index contributed by atoms with van der Waals surface area (Å²) < 4.78 is 0. The highest BCUT2D eigenvalue weighted by Gasteiger charge is 1.96. The van der Waals surface area contributed by atoms with Crippen LogP contribution in [0.25, 0.3) is 0 Å². The first-order valence-electron chi connectivity index (χ1n) is 4.32. The maximum atomic E-state index is 5.67. The van der Waals surface area contributed by atoms with E-state index in [0.29, 0.717) is 16.5 Å². The third-order valence-corrected chi connectivity index (χ3v) is 2.08. The highest BCUT2D eigenvalue weighted by Crippen LogP contribution is 2.02. The van der Waals surface area contributed by atoms with Gasteiger partial charge in [0.25, 0.3) is 0 Å². The van der Waals surface area contributed by atoms with Crippen LogP contribution in [0.5, 0.6) is 0 Å². The Kier molecular flexibility index (Phi) is 3.99. The van der Waals surface area contributed by atoms with Crippen LogP contribution in [0.2, 0.25) is 0 Å². The van der Waals surface area contributed by atoms with Crippen LogP contribution in [0, 0.1) is 0 Å². The SMILES string of the molecule is CN(C)C(=S)N/N=C\c1ncccc1N. The van der Waals surface area contributed by atoms with E-state index in [0.717, 1.165) is 0 Å². The van der Waals surface area contributed by atoms with Crippen molar-refractivity contribution in [3.8, 4) is 0 Å². The lowest BCUT2D eigenvalue weighted by atomic mass is 10.3. The number of nitrogens with two attached hydrogens (primary N) is 1. The van der Waals surface area contributed by atoms with Crippen molar-refractivity contribution in [3.63, 3.8) is 0 Å². The number of rotatable bonds is 2. The molecular formula is C9H13N5S. The van der Waals surface area contributed by atoms with E-state index in [1.807, 2.05) is 14.1 Å². The van der Waals surface area contributed by atoms with Crippen molar-refractivity contribution in [3.05, 3.63) is 24.0 Å². The van der Waals surface area contributed by atoms with Gasteiger partial charge in [-0.2, -0.15) is 5.10 Å². The standard InChI is InChI=1S/C9H13N5S/c1-14(2)9(15)13-12-6-8-7(10)4-3-5-11-8/h3-6H,10H2,1-2H3,(H,13,15)/b12-6-. The maximum absolute atomic E-state index is 5.67. The number of nitrogen functional groups attached to an aromatic ring is 1. The zero-order chi connectivity index (χ0) is 11.3. The molecule has 5 nitrogen and oxygen atoms in total. The summed E-state index contributed by atoms with van der Waals surface area (Å²) in [5, 5.41) is 4.45. The van der Waals surface area contributed by atoms with E-state index in [1.165, 1.54) is 6.21 Å². The lowest BCUT2D eigenvalue weighted by molar-refractivity contribution is 0.606. The van der Waals surface area contributed by atoms with Gasteiger partial charge in [0.1, 0.15) is 5.69 Å². The molecule has 0 aromatic carbocycles. The number of anilines is 1. The van der Waals surface area contributed by atoms with Crippen molar-refractivity contribution in [2.24, 2.45) is 5.10 Å². The van der Waals surface area contributed by atoms with E-state index in [-0.39, 0.29) is 0 Å². The van der Waals surface area contributed by atoms with Gasteiger partial charge in [0.15, 0.2) is 5.11 Å². The first kappa shape index (κ1) is 11.4. The largest absolute Gasteiger partial charge is 0.397 e. The van der Waals surface area contributed by atoms with Gasteiger partial charge < -0.3 is 10.6 Å². The average Bonchev–Trinajstić information content (AvgIpc) is 2.20. The molecule has 0 saturated carbocycles. The fourth-order valence-electron chi connectivity index (χ4n) is 0.786. The highest BCUT2D eigenvalue weighted by atomic mass is 32.1. The summed E-state index contributed by atoms with van der Waals surface area (Å²) >= 11 is 4.98. The minimum absolute atomic E-state index is 0.528. The van der Waals surface area contributed by atoms with Gasteiger partial charge in [-0.25, -0.2) is 0 Å². The fraction of sp³-hybridized carbons (Fsp3) is 0.222. The zero-order valence-electron chi connectivity index (χ0n) is 8.64.